The SMILES string of the molecule is Cc1ccc(CC(=O)C(C)c2ccc(-c3ccccc3)c(F)c2)cc1. The number of rotatable bonds is 5. The molecule has 0 aromatic heterocycles. The van der Waals surface area contributed by atoms with Crippen molar-refractivity contribution in [2.75, 3.05) is 0 Å². The fourth-order valence-corrected chi connectivity index (χ4v) is 2.90. The summed E-state index contributed by atoms with van der Waals surface area (Å²) in [6, 6.07) is 22.5. The van der Waals surface area contributed by atoms with Crippen molar-refractivity contribution < 1.29 is 9.18 Å². The molecule has 0 N–H and O–H groups in total. The molecule has 126 valence electrons. The number of carbonyl (C=O) groups is 1. The summed E-state index contributed by atoms with van der Waals surface area (Å²) in [6.45, 7) is 3.86. The standard InChI is InChI=1S/C23H21FO/c1-16-8-10-18(11-9-16)14-23(25)17(2)20-12-13-21(22(24)15-20)19-6-4-3-5-7-19/h3-13,15,17H,14H2,1-2H3. The quantitative estimate of drug-likeness (QED) is 0.584. The van der Waals surface area contributed by atoms with Crippen LogP contribution in [0.25, 0.3) is 11.1 Å². The predicted octanol–water partition coefficient (Wildman–Crippen LogP) is 5.72. The normalized spacial score (nSPS) is 12.0. The van der Waals surface area contributed by atoms with Crippen LogP contribution in [-0.2, 0) is 11.2 Å². The van der Waals surface area contributed by atoms with E-state index in [1.807, 2.05) is 74.5 Å². The van der Waals surface area contributed by atoms with Gasteiger partial charge in [-0.05, 0) is 29.7 Å². The van der Waals surface area contributed by atoms with Gasteiger partial charge in [-0.15, -0.1) is 0 Å². The van der Waals surface area contributed by atoms with Gasteiger partial charge in [-0.1, -0.05) is 79.2 Å². The third-order valence-corrected chi connectivity index (χ3v) is 4.56. The molecule has 25 heavy (non-hydrogen) atoms. The van der Waals surface area contributed by atoms with Gasteiger partial charge in [-0.3, -0.25) is 4.79 Å². The van der Waals surface area contributed by atoms with Gasteiger partial charge in [0.05, 0.1) is 0 Å². The van der Waals surface area contributed by atoms with E-state index in [0.717, 1.165) is 11.1 Å². The number of hydrogen-bond donors (Lipinski definition) is 0. The van der Waals surface area contributed by atoms with Gasteiger partial charge < -0.3 is 0 Å². The van der Waals surface area contributed by atoms with Crippen molar-refractivity contribution in [2.45, 2.75) is 26.2 Å². The molecule has 0 heterocycles. The van der Waals surface area contributed by atoms with Crippen LogP contribution in [0.2, 0.25) is 0 Å². The first-order valence-corrected chi connectivity index (χ1v) is 8.47. The number of carbonyl (C=O) groups excluding carboxylic acids is 1. The summed E-state index contributed by atoms with van der Waals surface area (Å²) in [6.07, 6.45) is 0.365. The van der Waals surface area contributed by atoms with Crippen molar-refractivity contribution in [3.8, 4) is 11.1 Å². The molecule has 3 rings (SSSR count). The number of aryl methyl sites for hydroxylation is 1. The largest absolute Gasteiger partial charge is 0.299 e. The lowest BCUT2D eigenvalue weighted by Gasteiger charge is -2.13. The number of halogens is 1. The van der Waals surface area contributed by atoms with Crippen LogP contribution in [-0.4, -0.2) is 5.78 Å². The molecular weight excluding hydrogens is 311 g/mol. The second kappa shape index (κ2) is 7.43. The maximum atomic E-state index is 14.5. The summed E-state index contributed by atoms with van der Waals surface area (Å²) in [7, 11) is 0. The molecule has 0 aliphatic rings. The second-order valence-electron chi connectivity index (χ2n) is 6.46. The molecule has 0 fully saturated rings. The van der Waals surface area contributed by atoms with Gasteiger partial charge in [0.15, 0.2) is 0 Å². The molecule has 0 bridgehead atoms. The summed E-state index contributed by atoms with van der Waals surface area (Å²) < 4.78 is 14.5. The topological polar surface area (TPSA) is 17.1 Å². The van der Waals surface area contributed by atoms with Crippen LogP contribution in [0.3, 0.4) is 0 Å². The lowest BCUT2D eigenvalue weighted by atomic mass is 9.91. The Balaban J connectivity index is 1.78. The van der Waals surface area contributed by atoms with Crippen molar-refractivity contribution in [3.05, 3.63) is 95.3 Å². The maximum absolute atomic E-state index is 14.5. The molecule has 3 aromatic carbocycles. The Morgan fingerprint density at radius 1 is 0.960 bits per heavy atom. The fourth-order valence-electron chi connectivity index (χ4n) is 2.90. The highest BCUT2D eigenvalue weighted by molar-refractivity contribution is 5.87. The highest BCUT2D eigenvalue weighted by atomic mass is 19.1. The highest BCUT2D eigenvalue weighted by Crippen LogP contribution is 2.27. The molecule has 0 saturated heterocycles. The minimum absolute atomic E-state index is 0.0933. The van der Waals surface area contributed by atoms with Crippen LogP contribution in [0, 0.1) is 12.7 Å². The van der Waals surface area contributed by atoms with E-state index in [1.54, 1.807) is 6.07 Å². The second-order valence-corrected chi connectivity index (χ2v) is 6.46. The summed E-state index contributed by atoms with van der Waals surface area (Å²) in [5.41, 5.74) is 4.27. The molecule has 0 spiro atoms. The molecule has 2 heteroatoms. The monoisotopic (exact) mass is 332 g/mol. The summed E-state index contributed by atoms with van der Waals surface area (Å²) in [5, 5.41) is 0. The van der Waals surface area contributed by atoms with Crippen LogP contribution in [0.15, 0.2) is 72.8 Å². The van der Waals surface area contributed by atoms with E-state index >= 15 is 0 Å². The Bertz CT molecular complexity index is 866. The number of benzene rings is 3. The zero-order valence-electron chi connectivity index (χ0n) is 14.5. The predicted molar refractivity (Wildman–Crippen MR) is 100 cm³/mol. The van der Waals surface area contributed by atoms with Crippen LogP contribution >= 0.6 is 0 Å². The van der Waals surface area contributed by atoms with Crippen molar-refractivity contribution in [2.24, 2.45) is 0 Å². The van der Waals surface area contributed by atoms with Crippen molar-refractivity contribution >= 4 is 5.78 Å². The number of hydrogen-bond acceptors (Lipinski definition) is 1. The fraction of sp³-hybridized carbons (Fsp3) is 0.174. The van der Waals surface area contributed by atoms with Crippen LogP contribution < -0.4 is 0 Å². The molecule has 1 unspecified atom stereocenters. The Labute approximate surface area is 148 Å². The average Bonchev–Trinajstić information content (AvgIpc) is 2.63. The smallest absolute Gasteiger partial charge is 0.144 e. The zero-order valence-corrected chi connectivity index (χ0v) is 14.5. The Morgan fingerprint density at radius 3 is 2.28 bits per heavy atom. The van der Waals surface area contributed by atoms with E-state index < -0.39 is 0 Å². The van der Waals surface area contributed by atoms with Crippen LogP contribution in [0.4, 0.5) is 4.39 Å². The van der Waals surface area contributed by atoms with E-state index in [1.165, 1.54) is 11.6 Å². The first kappa shape index (κ1) is 17.1. The van der Waals surface area contributed by atoms with Crippen molar-refractivity contribution in [3.63, 3.8) is 0 Å². The minimum Gasteiger partial charge on any atom is -0.299 e. The summed E-state index contributed by atoms with van der Waals surface area (Å²) in [4.78, 5) is 12.5. The van der Waals surface area contributed by atoms with E-state index in [0.29, 0.717) is 17.5 Å². The summed E-state index contributed by atoms with van der Waals surface area (Å²) in [5.74, 6) is -0.532. The third-order valence-electron chi connectivity index (χ3n) is 4.56. The van der Waals surface area contributed by atoms with Gasteiger partial charge in [-0.25, -0.2) is 4.39 Å². The summed E-state index contributed by atoms with van der Waals surface area (Å²) >= 11 is 0. The highest BCUT2D eigenvalue weighted by Gasteiger charge is 2.17. The first-order valence-electron chi connectivity index (χ1n) is 8.47. The Kier molecular flexibility index (Phi) is 5.08. The van der Waals surface area contributed by atoms with E-state index in [-0.39, 0.29) is 17.5 Å². The van der Waals surface area contributed by atoms with Gasteiger partial charge in [0.25, 0.3) is 0 Å². The molecule has 1 atom stereocenters. The van der Waals surface area contributed by atoms with Crippen molar-refractivity contribution in [1.82, 2.24) is 0 Å². The van der Waals surface area contributed by atoms with Gasteiger partial charge >= 0.3 is 0 Å². The molecular formula is C23H21FO. The Hall–Kier alpha value is -2.74. The van der Waals surface area contributed by atoms with Crippen molar-refractivity contribution in [1.29, 1.82) is 0 Å². The zero-order chi connectivity index (χ0) is 17.8. The third kappa shape index (κ3) is 4.03. The minimum atomic E-state index is -0.333. The van der Waals surface area contributed by atoms with Gasteiger partial charge in [0, 0.05) is 17.9 Å². The van der Waals surface area contributed by atoms with E-state index in [2.05, 4.69) is 0 Å². The first-order chi connectivity index (χ1) is 12.0. The molecule has 0 saturated carbocycles. The van der Waals surface area contributed by atoms with Gasteiger partial charge in [-0.2, -0.15) is 0 Å². The Morgan fingerprint density at radius 2 is 1.64 bits per heavy atom. The molecule has 0 aliphatic heterocycles. The van der Waals surface area contributed by atoms with E-state index in [4.69, 9.17) is 0 Å². The average molecular weight is 332 g/mol. The van der Waals surface area contributed by atoms with E-state index in [9.17, 15) is 9.18 Å². The lowest BCUT2D eigenvalue weighted by molar-refractivity contribution is -0.119. The number of Topliss-reactive ketones (excluding diaryl/α,β-unsaturated/α-hetero) is 1. The van der Waals surface area contributed by atoms with Crippen LogP contribution in [0.1, 0.15) is 29.5 Å². The van der Waals surface area contributed by atoms with Gasteiger partial charge in [0.2, 0.25) is 0 Å². The maximum Gasteiger partial charge on any atom is 0.144 e. The van der Waals surface area contributed by atoms with Crippen LogP contribution in [0.5, 0.6) is 0 Å². The molecule has 0 amide bonds. The molecule has 1 nitrogen and oxygen atoms in total. The molecule has 0 aliphatic carbocycles. The number of ketones is 1. The van der Waals surface area contributed by atoms with Gasteiger partial charge in [0.1, 0.15) is 11.6 Å². The molecule has 0 radical (unpaired) electrons. The molecule has 3 aromatic rings. The lowest BCUT2D eigenvalue weighted by Crippen LogP contribution is -2.12.